The second kappa shape index (κ2) is 15.4. The summed E-state index contributed by atoms with van der Waals surface area (Å²) in [7, 11) is 0. The molecule has 1 heterocycles. The van der Waals surface area contributed by atoms with Crippen molar-refractivity contribution in [3.63, 3.8) is 0 Å². The van der Waals surface area contributed by atoms with Crippen LogP contribution in [0.3, 0.4) is 0 Å². The number of aliphatic hydroxyl groups is 3. The molecule has 13 heteroatoms. The fourth-order valence-corrected chi connectivity index (χ4v) is 8.99. The van der Waals surface area contributed by atoms with Crippen molar-refractivity contribution in [3.05, 3.63) is 82.9 Å². The molecule has 2 aromatic carbocycles. The normalized spacial score (nSPS) is 32.4. The first-order valence-corrected chi connectivity index (χ1v) is 18.2. The van der Waals surface area contributed by atoms with Crippen LogP contribution in [0.15, 0.2) is 71.8 Å². The number of ether oxygens (including phenoxy) is 4. The van der Waals surface area contributed by atoms with Crippen molar-refractivity contribution in [1.82, 2.24) is 5.32 Å². The number of carbonyl (C=O) groups is 4. The van der Waals surface area contributed by atoms with Gasteiger partial charge in [-0.2, -0.15) is 0 Å². The maximum absolute atomic E-state index is 14.6. The maximum Gasteiger partial charge on any atom is 0.408 e. The summed E-state index contributed by atoms with van der Waals surface area (Å²) in [5.74, 6) is -3.13. The van der Waals surface area contributed by atoms with Gasteiger partial charge in [0.2, 0.25) is 0 Å². The molecule has 1 unspecified atom stereocenters. The number of nitrogens with one attached hydrogen (secondary N) is 1. The molecule has 3 fully saturated rings. The number of alkyl carbamates (subject to hydrolysis) is 1. The predicted molar refractivity (Wildman–Crippen MR) is 191 cm³/mol. The van der Waals surface area contributed by atoms with E-state index in [4.69, 9.17) is 18.9 Å². The Labute approximate surface area is 351 Å². The van der Waals surface area contributed by atoms with Crippen LogP contribution in [0.25, 0.3) is 0 Å². The van der Waals surface area contributed by atoms with E-state index < -0.39 is 82.0 Å². The molecule has 289 valence electrons. The summed E-state index contributed by atoms with van der Waals surface area (Å²) in [6.07, 6.45) is -5.72. The van der Waals surface area contributed by atoms with E-state index >= 15 is 0 Å². The average Bonchev–Trinajstić information content (AvgIpc) is 3.09. The van der Waals surface area contributed by atoms with Crippen molar-refractivity contribution in [2.24, 2.45) is 16.7 Å². The van der Waals surface area contributed by atoms with Gasteiger partial charge in [0, 0.05) is 73.7 Å². The molecule has 1 radical (unpaired) electrons. The fraction of sp³-hybridized carbons (Fsp3) is 0.561. The SMILES string of the molecule is CC1=C2CC(=O)[C@]3(C)CC[C@H]4OC[C@@]4(O)[C@H]3[C@H](OC(=O)c3ccccc3)[C@](O)(CC1OC(=O)[C@H](O)[C@@H](NC(=O)OC(C)(C)C)c1ccccc1)C2(C)C.[Ac]. The van der Waals surface area contributed by atoms with E-state index in [1.54, 1.807) is 109 Å². The van der Waals surface area contributed by atoms with Gasteiger partial charge in [0.1, 0.15) is 34.8 Å². The van der Waals surface area contributed by atoms with E-state index in [1.165, 1.54) is 0 Å². The van der Waals surface area contributed by atoms with Crippen LogP contribution in [-0.4, -0.2) is 87.0 Å². The van der Waals surface area contributed by atoms with E-state index in [1.807, 2.05) is 0 Å². The van der Waals surface area contributed by atoms with Gasteiger partial charge in [-0.25, -0.2) is 14.4 Å². The number of carbonyl (C=O) groups excluding carboxylic acids is 4. The van der Waals surface area contributed by atoms with Gasteiger partial charge in [-0.1, -0.05) is 74.9 Å². The van der Waals surface area contributed by atoms with Gasteiger partial charge in [-0.05, 0) is 63.8 Å². The summed E-state index contributed by atoms with van der Waals surface area (Å²) in [6.45, 7) is 11.9. The molecule has 6 rings (SSSR count). The number of ketones is 1. The number of aliphatic hydroxyl groups excluding tert-OH is 1. The van der Waals surface area contributed by atoms with Crippen LogP contribution in [0.1, 0.15) is 96.1 Å². The van der Waals surface area contributed by atoms with Crippen molar-refractivity contribution in [2.45, 2.75) is 121 Å². The van der Waals surface area contributed by atoms with Crippen molar-refractivity contribution >= 4 is 23.8 Å². The molecule has 1 saturated heterocycles. The minimum atomic E-state index is -2.00. The minimum absolute atomic E-state index is 0. The Morgan fingerprint density at radius 2 is 1.57 bits per heavy atom. The molecule has 1 aliphatic heterocycles. The van der Waals surface area contributed by atoms with Gasteiger partial charge < -0.3 is 39.6 Å². The smallest absolute Gasteiger partial charge is 0.408 e. The summed E-state index contributed by atoms with van der Waals surface area (Å²) < 4.78 is 23.5. The summed E-state index contributed by atoms with van der Waals surface area (Å²) in [5.41, 5.74) is -5.24. The largest absolute Gasteiger partial charge is 0.456 e. The summed E-state index contributed by atoms with van der Waals surface area (Å²) in [4.78, 5) is 55.3. The Morgan fingerprint density at radius 1 is 0.963 bits per heavy atom. The Kier molecular flexibility index (Phi) is 12.1. The molecule has 12 nitrogen and oxygen atoms in total. The van der Waals surface area contributed by atoms with Crippen LogP contribution in [0.4, 0.5) is 4.79 Å². The number of rotatable bonds is 7. The third-order valence-electron chi connectivity index (χ3n) is 12.2. The number of amides is 1. The summed E-state index contributed by atoms with van der Waals surface area (Å²) >= 11 is 0. The molecule has 2 bridgehead atoms. The van der Waals surface area contributed by atoms with Crippen molar-refractivity contribution < 1.29 is 97.5 Å². The summed E-state index contributed by atoms with van der Waals surface area (Å²) in [5, 5.41) is 39.6. The molecule has 4 N–H and O–H groups in total. The second-order valence-corrected chi connectivity index (χ2v) is 16.8. The Morgan fingerprint density at radius 3 is 2.15 bits per heavy atom. The number of hydrogen-bond acceptors (Lipinski definition) is 11. The molecule has 2 aromatic rings. The van der Waals surface area contributed by atoms with Crippen LogP contribution in [0, 0.1) is 60.8 Å². The summed E-state index contributed by atoms with van der Waals surface area (Å²) in [6, 6.07) is 15.4. The zero-order valence-corrected chi connectivity index (χ0v) is 36.7. The maximum atomic E-state index is 14.6. The van der Waals surface area contributed by atoms with Crippen molar-refractivity contribution in [2.75, 3.05) is 6.61 Å². The van der Waals surface area contributed by atoms with Gasteiger partial charge in [0.25, 0.3) is 0 Å². The molecule has 4 aliphatic rings. The third-order valence-corrected chi connectivity index (χ3v) is 12.2. The number of benzene rings is 2. The first kappa shape index (κ1) is 42.5. The first-order valence-electron chi connectivity index (χ1n) is 18.2. The van der Waals surface area contributed by atoms with E-state index in [0.717, 1.165) is 0 Å². The number of hydrogen-bond donors (Lipinski definition) is 4. The zero-order chi connectivity index (χ0) is 38.7. The standard InChI is InChI=1S/C41H51NO11.Ac/c1-23-26-20-28(43)39(7)19-18-29-40(48,22-50-29)32(39)33(52-34(45)25-16-12-9-13-17-25)41(49,38(26,5)6)21-27(23)51-35(46)31(44)30(24-14-10-8-11-15-24)42-36(47)53-37(2,3)4;/h8-17,27,29-33,44,48-49H,18-22H2,1-7H3,(H,42,47);/t27?,29-,30+,31-,32+,33+,39+,40+,41-;/m1./s1. The van der Waals surface area contributed by atoms with E-state index in [2.05, 4.69) is 5.32 Å². The minimum Gasteiger partial charge on any atom is -0.456 e. The molecule has 54 heavy (non-hydrogen) atoms. The topological polar surface area (TPSA) is 178 Å². The quantitative estimate of drug-likeness (QED) is 0.171. The molecular formula is C41H51AcNO11. The monoisotopic (exact) mass is 960 g/mol. The first-order chi connectivity index (χ1) is 24.7. The Balaban J connectivity index is 0.00000561. The zero-order valence-electron chi connectivity index (χ0n) is 32.0. The van der Waals surface area contributed by atoms with Crippen LogP contribution >= 0.6 is 0 Å². The van der Waals surface area contributed by atoms with Crippen LogP contribution in [0.2, 0.25) is 0 Å². The average molecular weight is 961 g/mol. The van der Waals surface area contributed by atoms with Crippen LogP contribution in [0.5, 0.6) is 0 Å². The molecule has 1 amide bonds. The fourth-order valence-electron chi connectivity index (χ4n) is 8.99. The van der Waals surface area contributed by atoms with E-state index in [0.29, 0.717) is 29.6 Å². The molecule has 3 aliphatic carbocycles. The van der Waals surface area contributed by atoms with Crippen molar-refractivity contribution in [3.8, 4) is 0 Å². The van der Waals surface area contributed by atoms with E-state index in [9.17, 15) is 34.5 Å². The van der Waals surface area contributed by atoms with Gasteiger partial charge in [0.05, 0.1) is 24.3 Å². The number of esters is 2. The molecule has 0 aromatic heterocycles. The molecule has 0 spiro atoms. The Bertz CT molecular complexity index is 1790. The van der Waals surface area contributed by atoms with Gasteiger partial charge in [-0.15, -0.1) is 0 Å². The van der Waals surface area contributed by atoms with Gasteiger partial charge in [0.15, 0.2) is 6.10 Å². The number of fused-ring (bicyclic) bond motifs is 5. The Hall–Kier alpha value is -2.66. The van der Waals surface area contributed by atoms with Crippen LogP contribution < -0.4 is 5.32 Å². The molecule has 9 atom stereocenters. The van der Waals surface area contributed by atoms with Crippen molar-refractivity contribution in [1.29, 1.82) is 0 Å². The molecular weight excluding hydrogens is 909 g/mol. The van der Waals surface area contributed by atoms with Gasteiger partial charge >= 0.3 is 18.0 Å². The van der Waals surface area contributed by atoms with E-state index in [-0.39, 0.29) is 74.9 Å². The third kappa shape index (κ3) is 7.46. The second-order valence-electron chi connectivity index (χ2n) is 16.8. The molecule has 2 saturated carbocycles. The van der Waals surface area contributed by atoms with Gasteiger partial charge in [-0.3, -0.25) is 4.79 Å². The van der Waals surface area contributed by atoms with Crippen LogP contribution in [-0.2, 0) is 28.5 Å². The number of Topliss-reactive ketones (excluding diaryl/α,β-unsaturated/α-hetero) is 1. The predicted octanol–water partition coefficient (Wildman–Crippen LogP) is 4.75.